The highest BCUT2D eigenvalue weighted by Crippen LogP contribution is 2.21. The number of amides is 1. The molecule has 0 unspecified atom stereocenters. The maximum Gasteiger partial charge on any atom is 0.266 e. The molecule has 0 bridgehead atoms. The molecule has 3 rings (SSSR count). The van der Waals surface area contributed by atoms with Crippen molar-refractivity contribution in [1.29, 1.82) is 0 Å². The van der Waals surface area contributed by atoms with Crippen LogP contribution in [0, 0.1) is 0 Å². The van der Waals surface area contributed by atoms with Gasteiger partial charge in [-0.1, -0.05) is 42.5 Å². The second kappa shape index (κ2) is 7.17. The molecule has 0 aliphatic carbocycles. The number of hydrogen-bond acceptors (Lipinski definition) is 4. The Morgan fingerprint density at radius 3 is 2.42 bits per heavy atom. The number of benzene rings is 2. The molecule has 8 heteroatoms. The van der Waals surface area contributed by atoms with Gasteiger partial charge in [0.25, 0.3) is 16.4 Å². The van der Waals surface area contributed by atoms with Gasteiger partial charge in [0.2, 0.25) is 5.91 Å². The molecule has 0 saturated heterocycles. The highest BCUT2D eigenvalue weighted by molar-refractivity contribution is 7.90. The molecule has 1 amide bonds. The first-order valence-electron chi connectivity index (χ1n) is 7.63. The topological polar surface area (TPSA) is 76.1 Å². The van der Waals surface area contributed by atoms with Crippen molar-refractivity contribution in [3.8, 4) is 0 Å². The van der Waals surface area contributed by atoms with E-state index < -0.39 is 22.4 Å². The number of halogens is 2. The molecule has 0 radical (unpaired) electrons. The van der Waals surface area contributed by atoms with Crippen molar-refractivity contribution in [2.45, 2.75) is 17.7 Å². The minimum atomic E-state index is -4.11. The number of carbonyl (C=O) groups excluding carboxylic acids is 1. The lowest BCUT2D eigenvalue weighted by Crippen LogP contribution is -2.32. The van der Waals surface area contributed by atoms with Crippen LogP contribution in [0.4, 0.5) is 8.78 Å². The van der Waals surface area contributed by atoms with Gasteiger partial charge < -0.3 is 0 Å². The maximum absolute atomic E-state index is 12.5. The fourth-order valence-corrected chi connectivity index (χ4v) is 3.67. The summed E-state index contributed by atoms with van der Waals surface area (Å²) in [6.07, 6.45) is -1.38. The molecule has 5 nitrogen and oxygen atoms in total. The van der Waals surface area contributed by atoms with E-state index >= 15 is 0 Å². The number of nitrogens with one attached hydrogen (secondary N) is 1. The Morgan fingerprint density at radius 2 is 1.73 bits per heavy atom. The average Bonchev–Trinajstić information content (AvgIpc) is 2.61. The Bertz CT molecular complexity index is 1050. The number of carbonyl (C=O) groups is 1. The number of sulfonamides is 1. The summed E-state index contributed by atoms with van der Waals surface area (Å²) in [6.45, 7) is 0. The van der Waals surface area contributed by atoms with Crippen molar-refractivity contribution < 1.29 is 22.0 Å². The molecule has 134 valence electrons. The minimum absolute atomic E-state index is 0.100. The summed E-state index contributed by atoms with van der Waals surface area (Å²) >= 11 is 0. The highest BCUT2D eigenvalue weighted by Gasteiger charge is 2.21. The quantitative estimate of drug-likeness (QED) is 0.742. The zero-order valence-electron chi connectivity index (χ0n) is 13.4. The number of pyridine rings is 1. The third-order valence-corrected chi connectivity index (χ3v) is 5.13. The summed E-state index contributed by atoms with van der Waals surface area (Å²) in [7, 11) is -4.11. The lowest BCUT2D eigenvalue weighted by molar-refractivity contribution is -0.118. The van der Waals surface area contributed by atoms with Crippen molar-refractivity contribution in [3.05, 3.63) is 71.9 Å². The fourth-order valence-electron chi connectivity index (χ4n) is 2.50. The summed E-state index contributed by atoms with van der Waals surface area (Å²) in [5.41, 5.74) is 0.526. The smallest absolute Gasteiger partial charge is 0.266 e. The predicted octanol–water partition coefficient (Wildman–Crippen LogP) is 3.22. The van der Waals surface area contributed by atoms with Gasteiger partial charge in [0.15, 0.2) is 0 Å². The summed E-state index contributed by atoms with van der Waals surface area (Å²) in [4.78, 5) is 16.1. The summed E-state index contributed by atoms with van der Waals surface area (Å²) in [6, 6.07) is 13.2. The Kier molecular flexibility index (Phi) is 4.94. The number of fused-ring (bicyclic) bond motifs is 1. The Hall–Kier alpha value is -2.87. The lowest BCUT2D eigenvalue weighted by Gasteiger charge is -2.09. The maximum atomic E-state index is 12.5. The molecule has 0 fully saturated rings. The van der Waals surface area contributed by atoms with Gasteiger partial charge in [-0.15, -0.1) is 0 Å². The Balaban J connectivity index is 1.79. The van der Waals surface area contributed by atoms with Crippen molar-refractivity contribution in [3.63, 3.8) is 0 Å². The highest BCUT2D eigenvalue weighted by atomic mass is 32.2. The van der Waals surface area contributed by atoms with Crippen molar-refractivity contribution in [2.24, 2.45) is 0 Å². The van der Waals surface area contributed by atoms with E-state index in [1.807, 2.05) is 4.72 Å². The van der Waals surface area contributed by atoms with Gasteiger partial charge in [0.05, 0.1) is 11.9 Å². The van der Waals surface area contributed by atoms with E-state index in [1.165, 1.54) is 36.5 Å². The van der Waals surface area contributed by atoms with E-state index in [4.69, 9.17) is 0 Å². The van der Waals surface area contributed by atoms with Crippen LogP contribution in [-0.2, 0) is 21.2 Å². The van der Waals surface area contributed by atoms with Gasteiger partial charge in [-0.3, -0.25) is 9.78 Å². The first kappa shape index (κ1) is 17.9. The number of nitrogens with zero attached hydrogens (tertiary/aromatic N) is 1. The van der Waals surface area contributed by atoms with Gasteiger partial charge in [0, 0.05) is 17.1 Å². The monoisotopic (exact) mass is 376 g/mol. The number of hydrogen-bond donors (Lipinski definition) is 1. The SMILES string of the molecule is O=C(Cc1ccc(C(F)F)cc1)NS(=O)(=O)c1cccc2cccnc12. The lowest BCUT2D eigenvalue weighted by atomic mass is 10.1. The van der Waals surface area contributed by atoms with Crippen LogP contribution in [0.1, 0.15) is 17.6 Å². The van der Waals surface area contributed by atoms with E-state index in [0.717, 1.165) is 0 Å². The third-order valence-electron chi connectivity index (χ3n) is 3.73. The van der Waals surface area contributed by atoms with Gasteiger partial charge in [-0.2, -0.15) is 0 Å². The molecular weight excluding hydrogens is 362 g/mol. The van der Waals surface area contributed by atoms with Crippen LogP contribution < -0.4 is 4.72 Å². The number of aromatic nitrogens is 1. The van der Waals surface area contributed by atoms with E-state index in [-0.39, 0.29) is 22.4 Å². The molecule has 0 spiro atoms. The predicted molar refractivity (Wildman–Crippen MR) is 92.2 cm³/mol. The second-order valence-corrected chi connectivity index (χ2v) is 7.23. The summed E-state index contributed by atoms with van der Waals surface area (Å²) in [5, 5.41) is 0.630. The summed E-state index contributed by atoms with van der Waals surface area (Å²) < 4.78 is 52.1. The minimum Gasteiger partial charge on any atom is -0.274 e. The summed E-state index contributed by atoms with van der Waals surface area (Å²) in [5.74, 6) is -0.761. The van der Waals surface area contributed by atoms with Crippen LogP contribution >= 0.6 is 0 Å². The number of alkyl halides is 2. The van der Waals surface area contributed by atoms with Crippen molar-refractivity contribution >= 4 is 26.8 Å². The molecule has 0 aliphatic rings. The van der Waals surface area contributed by atoms with Crippen molar-refractivity contribution in [1.82, 2.24) is 9.71 Å². The van der Waals surface area contributed by atoms with E-state index in [1.54, 1.807) is 24.3 Å². The van der Waals surface area contributed by atoms with Crippen LogP contribution in [-0.4, -0.2) is 19.3 Å². The van der Waals surface area contributed by atoms with Gasteiger partial charge in [0.1, 0.15) is 4.90 Å². The molecule has 0 aliphatic heterocycles. The molecule has 0 saturated carbocycles. The number of rotatable bonds is 5. The Morgan fingerprint density at radius 1 is 1.04 bits per heavy atom. The third kappa shape index (κ3) is 3.85. The average molecular weight is 376 g/mol. The molecule has 1 heterocycles. The second-order valence-electron chi connectivity index (χ2n) is 5.58. The molecule has 3 aromatic rings. The largest absolute Gasteiger partial charge is 0.274 e. The normalized spacial score (nSPS) is 11.7. The molecule has 1 aromatic heterocycles. The first-order chi connectivity index (χ1) is 12.4. The number of para-hydroxylation sites is 1. The Labute approximate surface area is 148 Å². The van der Waals surface area contributed by atoms with E-state index in [0.29, 0.717) is 10.9 Å². The molecule has 1 N–H and O–H groups in total. The zero-order chi connectivity index (χ0) is 18.7. The van der Waals surface area contributed by atoms with Crippen LogP contribution in [0.3, 0.4) is 0 Å². The molecular formula is C18H14F2N2O3S. The van der Waals surface area contributed by atoms with E-state index in [9.17, 15) is 22.0 Å². The standard InChI is InChI=1S/C18H14F2N2O3S/c19-18(20)14-8-6-12(7-9-14)11-16(23)22-26(24,25)15-5-1-3-13-4-2-10-21-17(13)15/h1-10,18H,11H2,(H,22,23). The van der Waals surface area contributed by atoms with Crippen LogP contribution in [0.25, 0.3) is 10.9 Å². The fraction of sp³-hybridized carbons (Fsp3) is 0.111. The zero-order valence-corrected chi connectivity index (χ0v) is 14.2. The van der Waals surface area contributed by atoms with Crippen LogP contribution in [0.15, 0.2) is 65.7 Å². The van der Waals surface area contributed by atoms with Gasteiger partial charge >= 0.3 is 0 Å². The molecule has 26 heavy (non-hydrogen) atoms. The van der Waals surface area contributed by atoms with Gasteiger partial charge in [-0.05, 0) is 17.7 Å². The van der Waals surface area contributed by atoms with Crippen LogP contribution in [0.5, 0.6) is 0 Å². The van der Waals surface area contributed by atoms with Crippen molar-refractivity contribution in [2.75, 3.05) is 0 Å². The molecule has 0 atom stereocenters. The first-order valence-corrected chi connectivity index (χ1v) is 9.11. The molecule has 2 aromatic carbocycles. The van der Waals surface area contributed by atoms with E-state index in [2.05, 4.69) is 4.98 Å². The van der Waals surface area contributed by atoms with Crippen LogP contribution in [0.2, 0.25) is 0 Å². The van der Waals surface area contributed by atoms with Gasteiger partial charge in [-0.25, -0.2) is 21.9 Å².